The van der Waals surface area contributed by atoms with E-state index in [1.807, 2.05) is 0 Å². The van der Waals surface area contributed by atoms with Crippen LogP contribution in [0, 0.1) is 6.92 Å². The van der Waals surface area contributed by atoms with Gasteiger partial charge in [-0.2, -0.15) is 0 Å². The lowest BCUT2D eigenvalue weighted by molar-refractivity contribution is -0.105. The van der Waals surface area contributed by atoms with E-state index in [1.165, 1.54) is 0 Å². The highest BCUT2D eigenvalue weighted by atomic mass is 16.5. The van der Waals surface area contributed by atoms with Crippen molar-refractivity contribution >= 4 is 29.0 Å². The Morgan fingerprint density at radius 2 is 2.28 bits per heavy atom. The first kappa shape index (κ1) is 12.2. The summed E-state index contributed by atoms with van der Waals surface area (Å²) in [7, 11) is 0. The van der Waals surface area contributed by atoms with Crippen LogP contribution in [-0.2, 0) is 9.53 Å². The van der Waals surface area contributed by atoms with Gasteiger partial charge in [-0.1, -0.05) is 0 Å². The fraction of sp³-hybridized carbons (Fsp3) is 0.231. The van der Waals surface area contributed by atoms with Gasteiger partial charge >= 0.3 is 5.97 Å². The van der Waals surface area contributed by atoms with E-state index in [-0.39, 0.29) is 5.76 Å². The van der Waals surface area contributed by atoms with Crippen LogP contribution >= 0.6 is 0 Å². The molecule has 1 N–H and O–H groups in total. The third-order valence-electron chi connectivity index (χ3n) is 2.62. The number of aryl methyl sites for hydroxylation is 1. The zero-order chi connectivity index (χ0) is 13.1. The Morgan fingerprint density at radius 3 is 2.94 bits per heavy atom. The molecule has 0 saturated carbocycles. The van der Waals surface area contributed by atoms with E-state index in [1.54, 1.807) is 32.0 Å². The molecule has 1 heterocycles. The summed E-state index contributed by atoms with van der Waals surface area (Å²) in [4.78, 5) is 22.0. The Kier molecular flexibility index (Phi) is 3.32. The molecule has 5 nitrogen and oxygen atoms in total. The standard InChI is InChI=1S/C13H13NO4/c1-3-17-13(16)12-8(2)10-6-9(14-7-15)4-5-11(10)18-12/h4-7H,3H2,1-2H3,(H,14,15). The second kappa shape index (κ2) is 4.91. The van der Waals surface area contributed by atoms with Crippen molar-refractivity contribution in [2.24, 2.45) is 0 Å². The molecule has 0 spiro atoms. The smallest absolute Gasteiger partial charge is 0.374 e. The summed E-state index contributed by atoms with van der Waals surface area (Å²) in [5.74, 6) is -0.272. The fourth-order valence-corrected chi connectivity index (χ4v) is 1.77. The number of hydrogen-bond acceptors (Lipinski definition) is 4. The van der Waals surface area contributed by atoms with Crippen molar-refractivity contribution in [3.63, 3.8) is 0 Å². The first-order valence-electron chi connectivity index (χ1n) is 5.57. The summed E-state index contributed by atoms with van der Waals surface area (Å²) in [6.45, 7) is 3.82. The first-order chi connectivity index (χ1) is 8.67. The molecule has 1 aromatic heterocycles. The molecule has 0 aliphatic carbocycles. The molecular weight excluding hydrogens is 234 g/mol. The van der Waals surface area contributed by atoms with Crippen LogP contribution < -0.4 is 5.32 Å². The van der Waals surface area contributed by atoms with Crippen LogP contribution in [0.25, 0.3) is 11.0 Å². The van der Waals surface area contributed by atoms with Gasteiger partial charge in [0.2, 0.25) is 12.2 Å². The molecule has 0 unspecified atom stereocenters. The van der Waals surface area contributed by atoms with Gasteiger partial charge in [0.25, 0.3) is 0 Å². The summed E-state index contributed by atoms with van der Waals surface area (Å²) >= 11 is 0. The van der Waals surface area contributed by atoms with Gasteiger partial charge in [-0.05, 0) is 32.0 Å². The number of fused-ring (bicyclic) bond motifs is 1. The van der Waals surface area contributed by atoms with E-state index in [0.717, 1.165) is 5.39 Å². The molecule has 0 fully saturated rings. The number of rotatable bonds is 4. The lowest BCUT2D eigenvalue weighted by atomic mass is 10.1. The maximum Gasteiger partial charge on any atom is 0.374 e. The Morgan fingerprint density at radius 1 is 1.50 bits per heavy atom. The lowest BCUT2D eigenvalue weighted by Crippen LogP contribution is -2.04. The van der Waals surface area contributed by atoms with Crippen molar-refractivity contribution in [1.82, 2.24) is 0 Å². The number of anilines is 1. The highest BCUT2D eigenvalue weighted by Crippen LogP contribution is 2.28. The number of ether oxygens (including phenoxy) is 1. The average Bonchev–Trinajstić information content (AvgIpc) is 2.68. The van der Waals surface area contributed by atoms with Gasteiger partial charge in [0.1, 0.15) is 5.58 Å². The minimum Gasteiger partial charge on any atom is -0.460 e. The molecule has 0 bridgehead atoms. The van der Waals surface area contributed by atoms with Crippen molar-refractivity contribution < 1.29 is 18.7 Å². The molecule has 18 heavy (non-hydrogen) atoms. The minimum absolute atomic E-state index is 0.204. The van der Waals surface area contributed by atoms with Gasteiger partial charge in [-0.15, -0.1) is 0 Å². The van der Waals surface area contributed by atoms with E-state index >= 15 is 0 Å². The highest BCUT2D eigenvalue weighted by molar-refractivity contribution is 5.97. The number of nitrogens with one attached hydrogen (secondary N) is 1. The molecular formula is C13H13NO4. The molecule has 2 rings (SSSR count). The summed E-state index contributed by atoms with van der Waals surface area (Å²) in [6, 6.07) is 5.16. The van der Waals surface area contributed by atoms with Crippen LogP contribution in [0.1, 0.15) is 23.0 Å². The Labute approximate surface area is 104 Å². The normalized spacial score (nSPS) is 10.3. The third kappa shape index (κ3) is 2.07. The van der Waals surface area contributed by atoms with Crippen LogP contribution in [0.15, 0.2) is 22.6 Å². The summed E-state index contributed by atoms with van der Waals surface area (Å²) in [5.41, 5.74) is 1.95. The lowest BCUT2D eigenvalue weighted by Gasteiger charge is -1.98. The van der Waals surface area contributed by atoms with Gasteiger partial charge in [0.05, 0.1) is 6.61 Å². The van der Waals surface area contributed by atoms with Crippen molar-refractivity contribution in [2.45, 2.75) is 13.8 Å². The second-order valence-corrected chi connectivity index (χ2v) is 3.75. The number of carbonyl (C=O) groups excluding carboxylic acids is 2. The molecule has 0 atom stereocenters. The SMILES string of the molecule is CCOC(=O)c1oc2ccc(NC=O)cc2c1C. The van der Waals surface area contributed by atoms with Gasteiger partial charge in [-0.3, -0.25) is 4.79 Å². The third-order valence-corrected chi connectivity index (χ3v) is 2.62. The van der Waals surface area contributed by atoms with E-state index in [0.29, 0.717) is 29.9 Å². The molecule has 2 aromatic rings. The second-order valence-electron chi connectivity index (χ2n) is 3.75. The molecule has 94 valence electrons. The van der Waals surface area contributed by atoms with Crippen LogP contribution in [0.5, 0.6) is 0 Å². The number of hydrogen-bond donors (Lipinski definition) is 1. The molecule has 0 saturated heterocycles. The Hall–Kier alpha value is -2.30. The van der Waals surface area contributed by atoms with Gasteiger partial charge in [0.15, 0.2) is 0 Å². The monoisotopic (exact) mass is 247 g/mol. The Balaban J connectivity index is 2.49. The number of furan rings is 1. The number of benzene rings is 1. The summed E-state index contributed by atoms with van der Waals surface area (Å²) in [6.07, 6.45) is 0.600. The van der Waals surface area contributed by atoms with E-state index in [2.05, 4.69) is 5.32 Å². The molecule has 1 amide bonds. The average molecular weight is 247 g/mol. The van der Waals surface area contributed by atoms with Gasteiger partial charge < -0.3 is 14.5 Å². The predicted molar refractivity (Wildman–Crippen MR) is 66.6 cm³/mol. The first-order valence-corrected chi connectivity index (χ1v) is 5.57. The van der Waals surface area contributed by atoms with Crippen LogP contribution in [0.4, 0.5) is 5.69 Å². The Bertz CT molecular complexity index is 600. The predicted octanol–water partition coefficient (Wildman–Crippen LogP) is 2.49. The zero-order valence-corrected chi connectivity index (χ0v) is 10.1. The van der Waals surface area contributed by atoms with Crippen molar-refractivity contribution in [1.29, 1.82) is 0 Å². The topological polar surface area (TPSA) is 68.5 Å². The minimum atomic E-state index is -0.476. The van der Waals surface area contributed by atoms with Crippen LogP contribution in [0.2, 0.25) is 0 Å². The fourth-order valence-electron chi connectivity index (χ4n) is 1.77. The van der Waals surface area contributed by atoms with Crippen LogP contribution in [-0.4, -0.2) is 19.0 Å². The van der Waals surface area contributed by atoms with Crippen molar-refractivity contribution in [3.8, 4) is 0 Å². The number of amides is 1. The van der Waals surface area contributed by atoms with Crippen molar-refractivity contribution in [3.05, 3.63) is 29.5 Å². The van der Waals surface area contributed by atoms with Gasteiger partial charge in [0, 0.05) is 16.6 Å². The number of carbonyl (C=O) groups is 2. The maximum atomic E-state index is 11.7. The quantitative estimate of drug-likeness (QED) is 0.665. The largest absolute Gasteiger partial charge is 0.460 e. The molecule has 1 aromatic carbocycles. The molecule has 0 radical (unpaired) electrons. The van der Waals surface area contributed by atoms with Crippen molar-refractivity contribution in [2.75, 3.05) is 11.9 Å². The highest BCUT2D eigenvalue weighted by Gasteiger charge is 2.18. The van der Waals surface area contributed by atoms with E-state index < -0.39 is 5.97 Å². The summed E-state index contributed by atoms with van der Waals surface area (Å²) < 4.78 is 10.4. The van der Waals surface area contributed by atoms with Crippen LogP contribution in [0.3, 0.4) is 0 Å². The zero-order valence-electron chi connectivity index (χ0n) is 10.1. The van der Waals surface area contributed by atoms with Gasteiger partial charge in [-0.25, -0.2) is 4.79 Å². The molecule has 0 aliphatic rings. The van der Waals surface area contributed by atoms with E-state index in [4.69, 9.17) is 9.15 Å². The van der Waals surface area contributed by atoms with E-state index in [9.17, 15) is 9.59 Å². The molecule has 5 heteroatoms. The summed E-state index contributed by atoms with van der Waals surface area (Å²) in [5, 5.41) is 3.33. The maximum absolute atomic E-state index is 11.7. The molecule has 0 aliphatic heterocycles. The number of esters is 1.